The van der Waals surface area contributed by atoms with Gasteiger partial charge in [-0.2, -0.15) is 0 Å². The summed E-state index contributed by atoms with van der Waals surface area (Å²) >= 11 is 0. The summed E-state index contributed by atoms with van der Waals surface area (Å²) in [5, 5.41) is 3.76. The fraction of sp³-hybridized carbons (Fsp3) is 1.00. The molecule has 1 saturated heterocycles. The molecule has 0 bridgehead atoms. The number of nitrogens with one attached hydrogen (secondary N) is 1. The first-order valence-corrected chi connectivity index (χ1v) is 7.16. The highest BCUT2D eigenvalue weighted by molar-refractivity contribution is 4.83. The van der Waals surface area contributed by atoms with Gasteiger partial charge >= 0.3 is 0 Å². The Bertz CT molecular complexity index is 202. The molecule has 1 fully saturated rings. The Morgan fingerprint density at radius 3 is 2.35 bits per heavy atom. The maximum absolute atomic E-state index is 3.76. The first-order valence-electron chi connectivity index (χ1n) is 7.16. The quantitative estimate of drug-likeness (QED) is 0.731. The number of rotatable bonds is 7. The molecule has 2 atom stereocenters. The second-order valence-corrected chi connectivity index (χ2v) is 5.76. The average molecular weight is 241 g/mol. The highest BCUT2D eigenvalue weighted by atomic mass is 15.2. The Balaban J connectivity index is 2.38. The lowest BCUT2D eigenvalue weighted by atomic mass is 9.93. The third-order valence-corrected chi connectivity index (χ3v) is 4.26. The van der Waals surface area contributed by atoms with E-state index in [4.69, 9.17) is 0 Å². The SMILES string of the molecule is CCC(CC)C(CNC1CCN(C)C1)N(C)C. The summed E-state index contributed by atoms with van der Waals surface area (Å²) in [7, 11) is 6.64. The zero-order valence-electron chi connectivity index (χ0n) is 12.4. The van der Waals surface area contributed by atoms with E-state index in [0.717, 1.165) is 12.5 Å². The van der Waals surface area contributed by atoms with Gasteiger partial charge in [-0.05, 0) is 40.0 Å². The number of nitrogens with zero attached hydrogens (tertiary/aromatic N) is 2. The van der Waals surface area contributed by atoms with E-state index in [0.29, 0.717) is 12.1 Å². The van der Waals surface area contributed by atoms with E-state index in [9.17, 15) is 0 Å². The molecular formula is C14H31N3. The van der Waals surface area contributed by atoms with Gasteiger partial charge in [-0.3, -0.25) is 0 Å². The Morgan fingerprint density at radius 1 is 1.29 bits per heavy atom. The molecule has 1 N–H and O–H groups in total. The minimum Gasteiger partial charge on any atom is -0.311 e. The van der Waals surface area contributed by atoms with E-state index in [1.807, 2.05) is 0 Å². The van der Waals surface area contributed by atoms with Crippen LogP contribution in [0, 0.1) is 5.92 Å². The summed E-state index contributed by atoms with van der Waals surface area (Å²) in [6.07, 6.45) is 3.87. The first-order chi connectivity index (χ1) is 8.08. The molecule has 3 nitrogen and oxygen atoms in total. The monoisotopic (exact) mass is 241 g/mol. The Hall–Kier alpha value is -0.120. The van der Waals surface area contributed by atoms with Crippen LogP contribution >= 0.6 is 0 Å². The molecule has 2 unspecified atom stereocenters. The zero-order valence-corrected chi connectivity index (χ0v) is 12.4. The molecule has 1 rings (SSSR count). The van der Waals surface area contributed by atoms with Gasteiger partial charge in [-0.25, -0.2) is 0 Å². The maximum atomic E-state index is 3.76. The Morgan fingerprint density at radius 2 is 1.94 bits per heavy atom. The molecule has 0 aliphatic carbocycles. The number of likely N-dealkylation sites (tertiary alicyclic amines) is 1. The van der Waals surface area contributed by atoms with Gasteiger partial charge in [0, 0.05) is 25.2 Å². The lowest BCUT2D eigenvalue weighted by molar-refractivity contribution is 0.189. The molecule has 0 aromatic rings. The summed E-state index contributed by atoms with van der Waals surface area (Å²) in [5.41, 5.74) is 0. The van der Waals surface area contributed by atoms with Crippen molar-refractivity contribution in [3.05, 3.63) is 0 Å². The topological polar surface area (TPSA) is 18.5 Å². The predicted octanol–water partition coefficient (Wildman–Crippen LogP) is 1.65. The molecule has 0 spiro atoms. The van der Waals surface area contributed by atoms with Crippen LogP contribution in [-0.2, 0) is 0 Å². The van der Waals surface area contributed by atoms with Gasteiger partial charge in [0.1, 0.15) is 0 Å². The van der Waals surface area contributed by atoms with Crippen molar-refractivity contribution in [3.63, 3.8) is 0 Å². The van der Waals surface area contributed by atoms with Crippen molar-refractivity contribution >= 4 is 0 Å². The summed E-state index contributed by atoms with van der Waals surface area (Å²) in [6.45, 7) is 8.22. The van der Waals surface area contributed by atoms with E-state index in [-0.39, 0.29) is 0 Å². The van der Waals surface area contributed by atoms with Crippen LogP contribution in [-0.4, -0.2) is 62.7 Å². The average Bonchev–Trinajstić information content (AvgIpc) is 2.70. The van der Waals surface area contributed by atoms with E-state index in [1.165, 1.54) is 32.4 Å². The molecule has 17 heavy (non-hydrogen) atoms. The van der Waals surface area contributed by atoms with Gasteiger partial charge in [-0.1, -0.05) is 26.7 Å². The van der Waals surface area contributed by atoms with Crippen LogP contribution in [0.3, 0.4) is 0 Å². The molecule has 1 heterocycles. The lowest BCUT2D eigenvalue weighted by Gasteiger charge is -2.32. The van der Waals surface area contributed by atoms with Crippen molar-refractivity contribution in [1.29, 1.82) is 0 Å². The summed E-state index contributed by atoms with van der Waals surface area (Å²) in [5.74, 6) is 0.816. The molecule has 1 aliphatic heterocycles. The van der Waals surface area contributed by atoms with Gasteiger partial charge < -0.3 is 15.1 Å². The lowest BCUT2D eigenvalue weighted by Crippen LogP contribution is -2.46. The highest BCUT2D eigenvalue weighted by Crippen LogP contribution is 2.17. The van der Waals surface area contributed by atoms with Crippen LogP contribution in [0.1, 0.15) is 33.1 Å². The van der Waals surface area contributed by atoms with Crippen molar-refractivity contribution in [3.8, 4) is 0 Å². The maximum Gasteiger partial charge on any atom is 0.0242 e. The Kier molecular flexibility index (Phi) is 6.45. The molecule has 0 aromatic carbocycles. The third kappa shape index (κ3) is 4.57. The highest BCUT2D eigenvalue weighted by Gasteiger charge is 2.24. The number of likely N-dealkylation sites (N-methyl/N-ethyl adjacent to an activating group) is 2. The smallest absolute Gasteiger partial charge is 0.0242 e. The molecule has 1 aliphatic rings. The zero-order chi connectivity index (χ0) is 12.8. The van der Waals surface area contributed by atoms with Gasteiger partial charge in [0.15, 0.2) is 0 Å². The Labute approximate surface area is 108 Å². The number of hydrogen-bond acceptors (Lipinski definition) is 3. The van der Waals surface area contributed by atoms with Gasteiger partial charge in [-0.15, -0.1) is 0 Å². The van der Waals surface area contributed by atoms with Crippen molar-refractivity contribution in [2.24, 2.45) is 5.92 Å². The van der Waals surface area contributed by atoms with E-state index in [2.05, 4.69) is 50.1 Å². The standard InChI is InChI=1S/C14H31N3/c1-6-12(7-2)14(16(3)4)10-15-13-8-9-17(5)11-13/h12-15H,6-11H2,1-5H3. The van der Waals surface area contributed by atoms with Crippen LogP contribution in [0.2, 0.25) is 0 Å². The molecule has 0 saturated carbocycles. The van der Waals surface area contributed by atoms with Crippen molar-refractivity contribution in [2.75, 3.05) is 40.8 Å². The molecule has 0 radical (unpaired) electrons. The minimum atomic E-state index is 0.677. The fourth-order valence-electron chi connectivity index (χ4n) is 2.99. The first kappa shape index (κ1) is 14.9. The van der Waals surface area contributed by atoms with E-state index < -0.39 is 0 Å². The normalized spacial score (nSPS) is 23.8. The predicted molar refractivity (Wildman–Crippen MR) is 75.5 cm³/mol. The fourth-order valence-corrected chi connectivity index (χ4v) is 2.99. The van der Waals surface area contributed by atoms with Crippen molar-refractivity contribution in [1.82, 2.24) is 15.1 Å². The van der Waals surface area contributed by atoms with E-state index in [1.54, 1.807) is 0 Å². The summed E-state index contributed by atoms with van der Waals surface area (Å²) < 4.78 is 0. The van der Waals surface area contributed by atoms with Crippen molar-refractivity contribution in [2.45, 2.75) is 45.2 Å². The van der Waals surface area contributed by atoms with Crippen molar-refractivity contribution < 1.29 is 0 Å². The third-order valence-electron chi connectivity index (χ3n) is 4.26. The summed E-state index contributed by atoms with van der Waals surface area (Å²) in [4.78, 5) is 4.81. The van der Waals surface area contributed by atoms with Gasteiger partial charge in [0.25, 0.3) is 0 Å². The van der Waals surface area contributed by atoms with Crippen LogP contribution in [0.15, 0.2) is 0 Å². The van der Waals surface area contributed by atoms with Crippen LogP contribution in [0.25, 0.3) is 0 Å². The van der Waals surface area contributed by atoms with Gasteiger partial charge in [0.05, 0.1) is 0 Å². The minimum absolute atomic E-state index is 0.677. The number of hydrogen-bond donors (Lipinski definition) is 1. The largest absolute Gasteiger partial charge is 0.311 e. The van der Waals surface area contributed by atoms with Crippen LogP contribution in [0.4, 0.5) is 0 Å². The molecule has 3 heteroatoms. The van der Waals surface area contributed by atoms with E-state index >= 15 is 0 Å². The molecular weight excluding hydrogens is 210 g/mol. The van der Waals surface area contributed by atoms with Crippen LogP contribution in [0.5, 0.6) is 0 Å². The van der Waals surface area contributed by atoms with Crippen LogP contribution < -0.4 is 5.32 Å². The molecule has 102 valence electrons. The molecule has 0 amide bonds. The second kappa shape index (κ2) is 7.34. The summed E-state index contributed by atoms with van der Waals surface area (Å²) in [6, 6.07) is 1.38. The van der Waals surface area contributed by atoms with Gasteiger partial charge in [0.2, 0.25) is 0 Å². The second-order valence-electron chi connectivity index (χ2n) is 5.76. The molecule has 0 aromatic heterocycles.